The fourth-order valence-corrected chi connectivity index (χ4v) is 3.52. The van der Waals surface area contributed by atoms with E-state index in [9.17, 15) is 9.90 Å². The van der Waals surface area contributed by atoms with Gasteiger partial charge in [0.1, 0.15) is 0 Å². The zero-order valence-electron chi connectivity index (χ0n) is 11.1. The van der Waals surface area contributed by atoms with Crippen molar-refractivity contribution in [2.24, 2.45) is 0 Å². The fourth-order valence-electron chi connectivity index (χ4n) is 1.99. The van der Waals surface area contributed by atoms with Gasteiger partial charge in [0.25, 0.3) is 0 Å². The molecule has 0 bridgehead atoms. The number of rotatable bonds is 5. The van der Waals surface area contributed by atoms with Crippen molar-refractivity contribution >= 4 is 13.9 Å². The predicted octanol–water partition coefficient (Wildman–Crippen LogP) is 1.70. The van der Waals surface area contributed by atoms with Crippen LogP contribution >= 0.6 is 0 Å². The third-order valence-electron chi connectivity index (χ3n) is 2.73. The summed E-state index contributed by atoms with van der Waals surface area (Å²) in [6.07, 6.45) is 0. The van der Waals surface area contributed by atoms with Crippen LogP contribution in [0.4, 0.5) is 0 Å². The van der Waals surface area contributed by atoms with E-state index in [4.69, 9.17) is 9.47 Å². The first kappa shape index (κ1) is 14.0. The van der Waals surface area contributed by atoms with Crippen LogP contribution < -0.4 is 0 Å². The molecule has 1 rings (SSSR count). The molecule has 0 saturated carbocycles. The average molecular weight is 256 g/mol. The summed E-state index contributed by atoms with van der Waals surface area (Å²) in [7, 11) is 1.34. The molecule has 0 radical (unpaired) electrons. The zero-order valence-corrected chi connectivity index (χ0v) is 12.1. The second kappa shape index (κ2) is 4.31. The Bertz CT molecular complexity index is 392. The lowest BCUT2D eigenvalue weighted by molar-refractivity contribution is -0.140. The fraction of sp³-hybridized carbons (Fsp3) is 0.583. The van der Waals surface area contributed by atoms with E-state index in [-0.39, 0.29) is 11.5 Å². The Morgan fingerprint density at radius 1 is 1.35 bits per heavy atom. The average Bonchev–Trinajstić information content (AvgIpc) is 2.20. The molecule has 0 fully saturated rings. The van der Waals surface area contributed by atoms with Crippen LogP contribution in [-0.2, 0) is 14.3 Å². The third kappa shape index (κ3) is 2.17. The lowest BCUT2D eigenvalue weighted by atomic mass is 9.78. The van der Waals surface area contributed by atoms with E-state index < -0.39 is 19.5 Å². The van der Waals surface area contributed by atoms with Gasteiger partial charge in [-0.15, -0.1) is 0 Å². The summed E-state index contributed by atoms with van der Waals surface area (Å²) in [5.41, 5.74) is -1.18. The Labute approximate surface area is 103 Å². The molecule has 0 saturated heterocycles. The van der Waals surface area contributed by atoms with E-state index in [0.29, 0.717) is 11.6 Å². The van der Waals surface area contributed by atoms with E-state index >= 15 is 0 Å². The number of carbonyl (C=O) groups is 1. The van der Waals surface area contributed by atoms with Crippen LogP contribution in [0.3, 0.4) is 0 Å². The maximum Gasteiger partial charge on any atom is 0.244 e. The van der Waals surface area contributed by atoms with Gasteiger partial charge >= 0.3 is 0 Å². The van der Waals surface area contributed by atoms with Crippen molar-refractivity contribution in [1.82, 2.24) is 0 Å². The van der Waals surface area contributed by atoms with Crippen LogP contribution in [0.15, 0.2) is 23.7 Å². The van der Waals surface area contributed by atoms with Crippen LogP contribution in [0.1, 0.15) is 0 Å². The molecule has 1 atom stereocenters. The molecule has 17 heavy (non-hydrogen) atoms. The topological polar surface area (TPSA) is 55.8 Å². The van der Waals surface area contributed by atoms with E-state index in [0.717, 1.165) is 0 Å². The first-order valence-corrected chi connectivity index (χ1v) is 9.17. The number of aliphatic hydroxyl groups is 1. The Morgan fingerprint density at radius 2 is 1.88 bits per heavy atom. The SMILES string of the molecule is C=C(C[Si](C)(C)C)[C@@]1(O)C(=O)C(OC)=C1OC. The smallest absolute Gasteiger partial charge is 0.244 e. The van der Waals surface area contributed by atoms with Crippen molar-refractivity contribution in [3.05, 3.63) is 23.7 Å². The number of carbonyl (C=O) groups excluding carboxylic acids is 1. The molecule has 0 unspecified atom stereocenters. The van der Waals surface area contributed by atoms with Crippen LogP contribution in [0.25, 0.3) is 0 Å². The molecule has 0 spiro atoms. The molecule has 0 aliphatic heterocycles. The molecule has 96 valence electrons. The second-order valence-electron chi connectivity index (χ2n) is 5.45. The summed E-state index contributed by atoms with van der Waals surface area (Å²) < 4.78 is 9.94. The van der Waals surface area contributed by atoms with E-state index in [2.05, 4.69) is 26.2 Å². The van der Waals surface area contributed by atoms with E-state index in [1.165, 1.54) is 14.2 Å². The Hall–Kier alpha value is -1.07. The molecule has 0 aromatic rings. The third-order valence-corrected chi connectivity index (χ3v) is 4.22. The van der Waals surface area contributed by atoms with Crippen molar-refractivity contribution < 1.29 is 19.4 Å². The molecule has 0 heterocycles. The minimum atomic E-state index is -1.68. The van der Waals surface area contributed by atoms with Gasteiger partial charge in [0, 0.05) is 8.07 Å². The number of hydrogen-bond donors (Lipinski definition) is 1. The first-order valence-electron chi connectivity index (χ1n) is 5.46. The van der Waals surface area contributed by atoms with Gasteiger partial charge < -0.3 is 14.6 Å². The van der Waals surface area contributed by atoms with Crippen molar-refractivity contribution in [3.8, 4) is 0 Å². The van der Waals surface area contributed by atoms with Crippen LogP contribution in [-0.4, -0.2) is 38.8 Å². The second-order valence-corrected chi connectivity index (χ2v) is 10.9. The van der Waals surface area contributed by atoms with Crippen LogP contribution in [0.5, 0.6) is 0 Å². The van der Waals surface area contributed by atoms with Crippen LogP contribution in [0.2, 0.25) is 25.7 Å². The summed E-state index contributed by atoms with van der Waals surface area (Å²) in [5, 5.41) is 10.4. The molecule has 0 aromatic heterocycles. The Morgan fingerprint density at radius 3 is 2.24 bits per heavy atom. The molecule has 0 aromatic carbocycles. The van der Waals surface area contributed by atoms with Crippen molar-refractivity contribution in [2.45, 2.75) is 31.3 Å². The minimum absolute atomic E-state index is 0.0896. The largest absolute Gasteiger partial charge is 0.493 e. The monoisotopic (exact) mass is 256 g/mol. The first-order chi connectivity index (χ1) is 7.68. The molecular weight excluding hydrogens is 236 g/mol. The lowest BCUT2D eigenvalue weighted by Crippen LogP contribution is -2.54. The van der Waals surface area contributed by atoms with Crippen molar-refractivity contribution in [1.29, 1.82) is 0 Å². The van der Waals surface area contributed by atoms with Gasteiger partial charge in [-0.25, -0.2) is 0 Å². The highest BCUT2D eigenvalue weighted by Gasteiger charge is 2.58. The summed E-state index contributed by atoms with van der Waals surface area (Å²) >= 11 is 0. The van der Waals surface area contributed by atoms with Gasteiger partial charge in [0.15, 0.2) is 5.76 Å². The minimum Gasteiger partial charge on any atom is -0.493 e. The Kier molecular flexibility index (Phi) is 3.54. The normalized spacial score (nSPS) is 24.5. The number of ketones is 1. The van der Waals surface area contributed by atoms with E-state index in [1.807, 2.05) is 0 Å². The summed E-state index contributed by atoms with van der Waals surface area (Å²) in [4.78, 5) is 11.9. The van der Waals surface area contributed by atoms with Gasteiger partial charge in [-0.2, -0.15) is 0 Å². The molecular formula is C12H20O4Si. The number of Topliss-reactive ketones (excluding diaryl/α,β-unsaturated/α-hetero) is 1. The van der Waals surface area contributed by atoms with Gasteiger partial charge in [0.05, 0.1) is 14.2 Å². The highest BCUT2D eigenvalue weighted by Crippen LogP contribution is 2.43. The quantitative estimate of drug-likeness (QED) is 0.601. The summed E-state index contributed by atoms with van der Waals surface area (Å²) in [6, 6.07) is 0.666. The molecule has 1 aliphatic carbocycles. The maximum absolute atomic E-state index is 11.9. The lowest BCUT2D eigenvalue weighted by Gasteiger charge is -2.39. The highest BCUT2D eigenvalue weighted by molar-refractivity contribution is 6.76. The predicted molar refractivity (Wildman–Crippen MR) is 68.3 cm³/mol. The molecule has 0 amide bonds. The summed E-state index contributed by atoms with van der Waals surface area (Å²) in [5.74, 6) is -0.194. The van der Waals surface area contributed by atoms with Gasteiger partial charge in [-0.1, -0.05) is 26.2 Å². The number of ether oxygens (including phenoxy) is 2. The summed E-state index contributed by atoms with van der Waals surface area (Å²) in [6.45, 7) is 10.3. The number of hydrogen-bond acceptors (Lipinski definition) is 4. The maximum atomic E-state index is 11.9. The molecule has 1 N–H and O–H groups in total. The van der Waals surface area contributed by atoms with Crippen molar-refractivity contribution in [3.63, 3.8) is 0 Å². The molecule has 4 nitrogen and oxygen atoms in total. The zero-order chi connectivity index (χ0) is 13.4. The Balaban J connectivity index is 3.03. The van der Waals surface area contributed by atoms with Gasteiger partial charge in [-0.05, 0) is 11.6 Å². The van der Waals surface area contributed by atoms with Gasteiger partial charge in [-0.3, -0.25) is 4.79 Å². The highest BCUT2D eigenvalue weighted by atomic mass is 28.3. The standard InChI is InChI=1S/C12H20O4Si/c1-8(7-17(4,5)6)12(14)10(13)9(15-2)11(12)16-3/h14H,1,7H2,2-6H3/t12-/m1/s1. The number of methoxy groups -OCH3 is 2. The van der Waals surface area contributed by atoms with E-state index in [1.54, 1.807) is 0 Å². The molecule has 1 aliphatic rings. The molecule has 5 heteroatoms. The van der Waals surface area contributed by atoms with Crippen molar-refractivity contribution in [2.75, 3.05) is 14.2 Å². The van der Waals surface area contributed by atoms with Gasteiger partial charge in [0.2, 0.25) is 17.1 Å². The van der Waals surface area contributed by atoms with Crippen LogP contribution in [0, 0.1) is 0 Å².